The minimum Gasteiger partial charge on any atom is -0.497 e. The fourth-order valence-corrected chi connectivity index (χ4v) is 2.51. The molecule has 0 unspecified atom stereocenters. The van der Waals surface area contributed by atoms with Gasteiger partial charge in [0.25, 0.3) is 5.91 Å². The fourth-order valence-electron chi connectivity index (χ4n) is 2.51. The van der Waals surface area contributed by atoms with Gasteiger partial charge in [0.2, 0.25) is 0 Å². The van der Waals surface area contributed by atoms with Gasteiger partial charge in [0.1, 0.15) is 23.7 Å². The lowest BCUT2D eigenvalue weighted by molar-refractivity contribution is -0.152. The van der Waals surface area contributed by atoms with E-state index in [1.807, 2.05) is 13.8 Å². The van der Waals surface area contributed by atoms with E-state index in [1.54, 1.807) is 50.4 Å². The second-order valence-electron chi connectivity index (χ2n) is 6.55. The number of hydrogen-bond acceptors (Lipinski definition) is 4. The fraction of sp³-hybridized carbons (Fsp3) is 0.333. The molecule has 0 fully saturated rings. The molecule has 1 amide bonds. The van der Waals surface area contributed by atoms with Crippen LogP contribution in [0.4, 0.5) is 4.39 Å². The van der Waals surface area contributed by atoms with E-state index in [0.29, 0.717) is 16.9 Å². The number of esters is 1. The molecule has 6 heteroatoms. The Kier molecular flexibility index (Phi) is 6.93. The van der Waals surface area contributed by atoms with Crippen LogP contribution in [0.25, 0.3) is 0 Å². The summed E-state index contributed by atoms with van der Waals surface area (Å²) in [6.07, 6.45) is -0.558. The highest BCUT2D eigenvalue weighted by Gasteiger charge is 2.27. The molecule has 0 heterocycles. The van der Waals surface area contributed by atoms with Gasteiger partial charge in [-0.2, -0.15) is 0 Å². The maximum Gasteiger partial charge on any atom is 0.329 e. The third kappa shape index (κ3) is 5.54. The van der Waals surface area contributed by atoms with Crippen molar-refractivity contribution in [3.8, 4) is 5.75 Å². The molecule has 0 aliphatic heterocycles. The van der Waals surface area contributed by atoms with E-state index in [4.69, 9.17) is 9.47 Å². The van der Waals surface area contributed by atoms with Crippen molar-refractivity contribution in [2.24, 2.45) is 5.92 Å². The summed E-state index contributed by atoms with van der Waals surface area (Å²) in [5, 5.41) is 2.72. The Morgan fingerprint density at radius 2 is 1.56 bits per heavy atom. The van der Waals surface area contributed by atoms with Crippen LogP contribution in [0.5, 0.6) is 5.75 Å². The van der Waals surface area contributed by atoms with Crippen LogP contribution in [-0.4, -0.2) is 25.0 Å². The summed E-state index contributed by atoms with van der Waals surface area (Å²) < 4.78 is 23.6. The Morgan fingerprint density at radius 1 is 0.963 bits per heavy atom. The number of methoxy groups -OCH3 is 1. The first-order chi connectivity index (χ1) is 12.8. The minimum atomic E-state index is -0.803. The molecule has 0 saturated carbocycles. The molecule has 0 radical (unpaired) electrons. The number of nitrogens with one attached hydrogen (secondary N) is 1. The van der Waals surface area contributed by atoms with Crippen molar-refractivity contribution in [3.63, 3.8) is 0 Å². The molecule has 5 nitrogen and oxygen atoms in total. The molecule has 0 aromatic heterocycles. The molecular weight excluding hydrogens is 349 g/mol. The quantitative estimate of drug-likeness (QED) is 0.748. The Morgan fingerprint density at radius 3 is 2.07 bits per heavy atom. The second kappa shape index (κ2) is 9.16. The summed E-state index contributed by atoms with van der Waals surface area (Å²) in [5.41, 5.74) is 1.09. The predicted octanol–water partition coefficient (Wildman–Crippen LogP) is 3.89. The number of carbonyl (C=O) groups excluding carboxylic acids is 2. The molecule has 1 N–H and O–H groups in total. The van der Waals surface area contributed by atoms with Crippen LogP contribution >= 0.6 is 0 Å². The van der Waals surface area contributed by atoms with Crippen LogP contribution in [0, 0.1) is 11.7 Å². The van der Waals surface area contributed by atoms with E-state index in [-0.39, 0.29) is 17.6 Å². The van der Waals surface area contributed by atoms with Gasteiger partial charge in [-0.25, -0.2) is 9.18 Å². The van der Waals surface area contributed by atoms with E-state index in [1.165, 1.54) is 12.1 Å². The maximum absolute atomic E-state index is 13.0. The number of benzene rings is 2. The summed E-state index contributed by atoms with van der Waals surface area (Å²) in [7, 11) is 1.54. The summed E-state index contributed by atoms with van der Waals surface area (Å²) in [4.78, 5) is 25.0. The number of halogens is 1. The van der Waals surface area contributed by atoms with Crippen molar-refractivity contribution < 1.29 is 23.5 Å². The SMILES string of the molecule is COc1ccc(C(=O)N[C@H](C(=O)O[C@@H](C)c2ccc(F)cc2)C(C)C)cc1. The number of hydrogen-bond donors (Lipinski definition) is 1. The summed E-state index contributed by atoms with van der Waals surface area (Å²) >= 11 is 0. The molecule has 0 aliphatic carbocycles. The van der Waals surface area contributed by atoms with Crippen LogP contribution in [0.2, 0.25) is 0 Å². The van der Waals surface area contributed by atoms with Crippen molar-refractivity contribution in [3.05, 3.63) is 65.5 Å². The monoisotopic (exact) mass is 373 g/mol. The third-order valence-corrected chi connectivity index (χ3v) is 4.19. The molecule has 0 saturated heterocycles. The first-order valence-corrected chi connectivity index (χ1v) is 8.72. The molecule has 2 aromatic rings. The average Bonchev–Trinajstić information content (AvgIpc) is 2.66. The summed E-state index contributed by atoms with van der Waals surface area (Å²) in [5.74, 6) is -0.796. The van der Waals surface area contributed by atoms with Gasteiger partial charge < -0.3 is 14.8 Å². The van der Waals surface area contributed by atoms with E-state index in [0.717, 1.165) is 0 Å². The van der Waals surface area contributed by atoms with Gasteiger partial charge in [0.15, 0.2) is 0 Å². The van der Waals surface area contributed by atoms with Crippen molar-refractivity contribution in [2.75, 3.05) is 7.11 Å². The van der Waals surface area contributed by atoms with Crippen LogP contribution < -0.4 is 10.1 Å². The lowest BCUT2D eigenvalue weighted by Crippen LogP contribution is -2.45. The van der Waals surface area contributed by atoms with Crippen molar-refractivity contribution in [2.45, 2.75) is 32.9 Å². The zero-order chi connectivity index (χ0) is 20.0. The molecule has 2 aromatic carbocycles. The van der Waals surface area contributed by atoms with Crippen LogP contribution in [0.1, 0.15) is 42.8 Å². The van der Waals surface area contributed by atoms with Gasteiger partial charge in [0.05, 0.1) is 7.11 Å². The Hall–Kier alpha value is -2.89. The molecule has 2 atom stereocenters. The molecule has 2 rings (SSSR count). The lowest BCUT2D eigenvalue weighted by atomic mass is 10.0. The summed E-state index contributed by atoms with van der Waals surface area (Å²) in [6, 6.07) is 11.5. The van der Waals surface area contributed by atoms with Gasteiger partial charge in [0, 0.05) is 5.56 Å². The molecular formula is C21H24FNO4. The van der Waals surface area contributed by atoms with Gasteiger partial charge in [-0.1, -0.05) is 26.0 Å². The Balaban J connectivity index is 2.05. The van der Waals surface area contributed by atoms with Crippen molar-refractivity contribution >= 4 is 11.9 Å². The molecule has 0 spiro atoms. The molecule has 27 heavy (non-hydrogen) atoms. The number of carbonyl (C=O) groups is 2. The number of rotatable bonds is 7. The highest BCUT2D eigenvalue weighted by atomic mass is 19.1. The van der Waals surface area contributed by atoms with Gasteiger partial charge >= 0.3 is 5.97 Å². The van der Waals surface area contributed by atoms with E-state index in [2.05, 4.69) is 5.32 Å². The molecule has 0 bridgehead atoms. The van der Waals surface area contributed by atoms with E-state index >= 15 is 0 Å². The number of amides is 1. The van der Waals surface area contributed by atoms with E-state index < -0.39 is 18.1 Å². The highest BCUT2D eigenvalue weighted by Crippen LogP contribution is 2.19. The molecule has 144 valence electrons. The Labute approximate surface area is 158 Å². The third-order valence-electron chi connectivity index (χ3n) is 4.19. The topological polar surface area (TPSA) is 64.6 Å². The summed E-state index contributed by atoms with van der Waals surface area (Å²) in [6.45, 7) is 5.35. The normalized spacial score (nSPS) is 13.0. The maximum atomic E-state index is 13.0. The van der Waals surface area contributed by atoms with Crippen LogP contribution in [0.15, 0.2) is 48.5 Å². The van der Waals surface area contributed by atoms with Crippen LogP contribution in [0.3, 0.4) is 0 Å². The largest absolute Gasteiger partial charge is 0.497 e. The Bertz CT molecular complexity index is 772. The zero-order valence-electron chi connectivity index (χ0n) is 15.9. The van der Waals surface area contributed by atoms with Gasteiger partial charge in [-0.15, -0.1) is 0 Å². The highest BCUT2D eigenvalue weighted by molar-refractivity contribution is 5.97. The molecule has 0 aliphatic rings. The zero-order valence-corrected chi connectivity index (χ0v) is 15.9. The van der Waals surface area contributed by atoms with Crippen molar-refractivity contribution in [1.82, 2.24) is 5.32 Å². The van der Waals surface area contributed by atoms with Crippen molar-refractivity contribution in [1.29, 1.82) is 0 Å². The lowest BCUT2D eigenvalue weighted by Gasteiger charge is -2.23. The van der Waals surface area contributed by atoms with Gasteiger partial charge in [-0.3, -0.25) is 4.79 Å². The second-order valence-corrected chi connectivity index (χ2v) is 6.55. The standard InChI is InChI=1S/C21H24FNO4/c1-13(2)19(23-20(24)16-7-11-18(26-4)12-8-16)21(25)27-14(3)15-5-9-17(22)10-6-15/h5-14,19H,1-4H3,(H,23,24)/t14-,19-/m0/s1. The first-order valence-electron chi connectivity index (χ1n) is 8.72. The minimum absolute atomic E-state index is 0.167. The van der Waals surface area contributed by atoms with E-state index in [9.17, 15) is 14.0 Å². The van der Waals surface area contributed by atoms with Crippen LogP contribution in [-0.2, 0) is 9.53 Å². The number of ether oxygens (including phenoxy) is 2. The van der Waals surface area contributed by atoms with Gasteiger partial charge in [-0.05, 0) is 54.8 Å². The predicted molar refractivity (Wildman–Crippen MR) is 100.0 cm³/mol. The smallest absolute Gasteiger partial charge is 0.329 e. The average molecular weight is 373 g/mol. The first kappa shape index (κ1) is 20.4.